The predicted molar refractivity (Wildman–Crippen MR) is 105 cm³/mol. The molecule has 6 nitrogen and oxygen atoms in total. The van der Waals surface area contributed by atoms with E-state index >= 15 is 0 Å². The zero-order valence-electron chi connectivity index (χ0n) is 15.1. The molecule has 0 aliphatic carbocycles. The van der Waals surface area contributed by atoms with Crippen LogP contribution in [0.3, 0.4) is 0 Å². The van der Waals surface area contributed by atoms with Gasteiger partial charge in [0.15, 0.2) is 11.5 Å². The lowest BCUT2D eigenvalue weighted by atomic mass is 9.98. The summed E-state index contributed by atoms with van der Waals surface area (Å²) in [7, 11) is 0. The van der Waals surface area contributed by atoms with Crippen LogP contribution in [0.15, 0.2) is 64.4 Å². The first-order chi connectivity index (χ1) is 13.7. The number of rotatable bonds is 2. The van der Waals surface area contributed by atoms with Gasteiger partial charge in [0.05, 0.1) is 23.6 Å². The minimum absolute atomic E-state index is 0.395. The Hall–Kier alpha value is -3.98. The van der Waals surface area contributed by atoms with E-state index in [4.69, 9.17) is 15.9 Å². The van der Waals surface area contributed by atoms with Crippen LogP contribution in [0.4, 0.5) is 0 Å². The van der Waals surface area contributed by atoms with Crippen LogP contribution in [0.25, 0.3) is 17.3 Å². The van der Waals surface area contributed by atoms with Crippen molar-refractivity contribution in [3.8, 4) is 29.6 Å². The second-order valence-corrected chi connectivity index (χ2v) is 6.46. The van der Waals surface area contributed by atoms with Crippen molar-refractivity contribution in [3.63, 3.8) is 0 Å². The van der Waals surface area contributed by atoms with Gasteiger partial charge in [0.1, 0.15) is 6.33 Å². The second kappa shape index (κ2) is 6.32. The van der Waals surface area contributed by atoms with E-state index in [1.807, 2.05) is 53.1 Å². The molecule has 6 heteroatoms. The Labute approximate surface area is 161 Å². The summed E-state index contributed by atoms with van der Waals surface area (Å²) < 4.78 is 7.36. The number of nitrogens with zero attached hydrogens (tertiary/aromatic N) is 5. The molecule has 0 bridgehead atoms. The molecule has 0 saturated heterocycles. The molecule has 1 aliphatic heterocycles. The highest BCUT2D eigenvalue weighted by Crippen LogP contribution is 2.30. The van der Waals surface area contributed by atoms with E-state index in [1.165, 1.54) is 0 Å². The van der Waals surface area contributed by atoms with Crippen molar-refractivity contribution < 1.29 is 4.52 Å². The minimum Gasteiger partial charge on any atom is -0.332 e. The van der Waals surface area contributed by atoms with Crippen molar-refractivity contribution in [1.29, 1.82) is 0 Å². The van der Waals surface area contributed by atoms with Crippen LogP contribution >= 0.6 is 0 Å². The normalized spacial score (nSPS) is 12.5. The van der Waals surface area contributed by atoms with Crippen LogP contribution < -0.4 is 0 Å². The summed E-state index contributed by atoms with van der Waals surface area (Å²) in [6.07, 6.45) is 7.41. The van der Waals surface area contributed by atoms with Crippen molar-refractivity contribution in [2.75, 3.05) is 0 Å². The predicted octanol–water partition coefficient (Wildman–Crippen LogP) is 3.56. The minimum atomic E-state index is 0.395. The molecule has 1 aliphatic rings. The van der Waals surface area contributed by atoms with Crippen LogP contribution in [-0.2, 0) is 6.54 Å². The molecular weight excluding hydrogens is 350 g/mol. The molecule has 28 heavy (non-hydrogen) atoms. The highest BCUT2D eigenvalue weighted by molar-refractivity contribution is 6.15. The van der Waals surface area contributed by atoms with Crippen molar-refractivity contribution in [1.82, 2.24) is 19.7 Å². The van der Waals surface area contributed by atoms with Gasteiger partial charge in [-0.15, -0.1) is 6.42 Å². The molecule has 2 aromatic heterocycles. The zero-order valence-corrected chi connectivity index (χ0v) is 15.1. The third kappa shape index (κ3) is 2.53. The molecule has 0 fully saturated rings. The maximum atomic E-state index is 5.65. The summed E-state index contributed by atoms with van der Waals surface area (Å²) in [5.41, 5.74) is 6.19. The molecule has 0 unspecified atom stereocenters. The number of terminal acetylenes is 1. The third-order valence-corrected chi connectivity index (χ3v) is 4.71. The lowest BCUT2D eigenvalue weighted by molar-refractivity contribution is 0.424. The molecule has 5 rings (SSSR count). The van der Waals surface area contributed by atoms with Gasteiger partial charge < -0.3 is 4.52 Å². The van der Waals surface area contributed by atoms with Crippen LogP contribution in [-0.4, -0.2) is 25.4 Å². The van der Waals surface area contributed by atoms with Gasteiger partial charge in [-0.1, -0.05) is 41.4 Å². The van der Waals surface area contributed by atoms with E-state index in [0.29, 0.717) is 24.0 Å². The highest BCUT2D eigenvalue weighted by Gasteiger charge is 2.24. The van der Waals surface area contributed by atoms with Crippen LogP contribution in [0.2, 0.25) is 0 Å². The van der Waals surface area contributed by atoms with Gasteiger partial charge in [0.2, 0.25) is 0 Å². The summed E-state index contributed by atoms with van der Waals surface area (Å²) in [5, 5.41) is 3.88. The van der Waals surface area contributed by atoms with Crippen LogP contribution in [0, 0.1) is 19.3 Å². The largest absolute Gasteiger partial charge is 0.332 e. The first kappa shape index (κ1) is 16.2. The smallest absolute Gasteiger partial charge is 0.278 e. The van der Waals surface area contributed by atoms with Gasteiger partial charge in [0.25, 0.3) is 5.89 Å². The average Bonchev–Trinajstić information content (AvgIpc) is 3.31. The van der Waals surface area contributed by atoms with Crippen LogP contribution in [0.5, 0.6) is 0 Å². The quantitative estimate of drug-likeness (QED) is 0.509. The molecule has 4 aromatic rings. The Bertz CT molecular complexity index is 1260. The summed E-state index contributed by atoms with van der Waals surface area (Å²) in [4.78, 5) is 13.8. The van der Waals surface area contributed by atoms with E-state index < -0.39 is 0 Å². The zero-order chi connectivity index (χ0) is 19.1. The Balaban J connectivity index is 1.75. The number of fused-ring (bicyclic) bond motifs is 3. The first-order valence-electron chi connectivity index (χ1n) is 8.83. The molecule has 134 valence electrons. The van der Waals surface area contributed by atoms with E-state index in [2.05, 4.69) is 21.0 Å². The fraction of sp³-hybridized carbons (Fsp3) is 0.0909. The van der Waals surface area contributed by atoms with Crippen LogP contribution in [0.1, 0.15) is 28.2 Å². The van der Waals surface area contributed by atoms with E-state index in [1.54, 1.807) is 13.3 Å². The maximum absolute atomic E-state index is 5.65. The fourth-order valence-electron chi connectivity index (χ4n) is 3.41. The second-order valence-electron chi connectivity index (χ2n) is 6.46. The first-order valence-corrected chi connectivity index (χ1v) is 8.83. The number of hydrogen-bond donors (Lipinski definition) is 0. The van der Waals surface area contributed by atoms with Gasteiger partial charge in [-0.3, -0.25) is 9.56 Å². The highest BCUT2D eigenvalue weighted by atomic mass is 16.5. The Kier molecular flexibility index (Phi) is 3.66. The third-order valence-electron chi connectivity index (χ3n) is 4.71. The molecule has 3 heterocycles. The maximum Gasteiger partial charge on any atom is 0.278 e. The molecule has 0 N–H and O–H groups in total. The number of aliphatic imine (C=N–C) groups is 1. The molecule has 0 amide bonds. The molecule has 0 atom stereocenters. The molecule has 2 aromatic carbocycles. The Morgan fingerprint density at radius 3 is 2.75 bits per heavy atom. The summed E-state index contributed by atoms with van der Waals surface area (Å²) in [6, 6.07) is 16.0. The number of imidazole rings is 1. The van der Waals surface area contributed by atoms with Gasteiger partial charge in [0, 0.05) is 16.7 Å². The molecular formula is C22H15N5O. The number of hydrogen-bond acceptors (Lipinski definition) is 5. The monoisotopic (exact) mass is 365 g/mol. The SMILES string of the molecule is C#Cc1ccc2c(c1)C(c1ccccc1)=NCc1c(-c3nc(C)no3)ncn1-2. The van der Waals surface area contributed by atoms with Crippen molar-refractivity contribution in [2.24, 2.45) is 4.99 Å². The van der Waals surface area contributed by atoms with Gasteiger partial charge in [-0.05, 0) is 25.1 Å². The number of aryl methyl sites for hydroxylation is 1. The summed E-state index contributed by atoms with van der Waals surface area (Å²) >= 11 is 0. The average molecular weight is 365 g/mol. The lowest BCUT2D eigenvalue weighted by Gasteiger charge is -2.12. The van der Waals surface area contributed by atoms with Gasteiger partial charge in [-0.2, -0.15) is 4.98 Å². The van der Waals surface area contributed by atoms with E-state index in [0.717, 1.165) is 33.8 Å². The molecule has 0 spiro atoms. The molecule has 0 radical (unpaired) electrons. The summed E-state index contributed by atoms with van der Waals surface area (Å²) in [6.45, 7) is 2.21. The molecule has 0 saturated carbocycles. The van der Waals surface area contributed by atoms with Crippen molar-refractivity contribution in [3.05, 3.63) is 83.1 Å². The standard InChI is InChI=1S/C22H15N5O/c1-3-15-9-10-18-17(11-15)20(16-7-5-4-6-8-16)23-12-19-21(24-13-27(18)19)22-25-14(2)26-28-22/h1,4-11,13H,12H2,2H3. The van der Waals surface area contributed by atoms with Gasteiger partial charge in [-0.25, -0.2) is 4.98 Å². The number of benzene rings is 2. The topological polar surface area (TPSA) is 69.1 Å². The fourth-order valence-corrected chi connectivity index (χ4v) is 3.41. The lowest BCUT2D eigenvalue weighted by Crippen LogP contribution is -2.07. The Morgan fingerprint density at radius 1 is 1.14 bits per heavy atom. The van der Waals surface area contributed by atoms with E-state index in [-0.39, 0.29) is 0 Å². The van der Waals surface area contributed by atoms with Crippen molar-refractivity contribution >= 4 is 5.71 Å². The van der Waals surface area contributed by atoms with Crippen molar-refractivity contribution in [2.45, 2.75) is 13.5 Å². The Morgan fingerprint density at radius 2 is 2.00 bits per heavy atom. The van der Waals surface area contributed by atoms with Gasteiger partial charge >= 0.3 is 0 Å². The van der Waals surface area contributed by atoms with E-state index in [9.17, 15) is 0 Å². The number of aromatic nitrogens is 4. The summed E-state index contributed by atoms with van der Waals surface area (Å²) in [5.74, 6) is 3.68.